The Kier molecular flexibility index (Phi) is 5.83. The second-order valence-corrected chi connectivity index (χ2v) is 7.88. The van der Waals surface area contributed by atoms with Gasteiger partial charge in [0, 0.05) is 30.0 Å². The predicted octanol–water partition coefficient (Wildman–Crippen LogP) is 2.69. The van der Waals surface area contributed by atoms with Crippen LogP contribution >= 0.6 is 11.6 Å². The van der Waals surface area contributed by atoms with Gasteiger partial charge in [0.15, 0.2) is 0 Å². The van der Waals surface area contributed by atoms with Gasteiger partial charge in [0.25, 0.3) is 5.91 Å². The van der Waals surface area contributed by atoms with E-state index in [0.717, 1.165) is 5.56 Å². The van der Waals surface area contributed by atoms with Crippen LogP contribution in [0.1, 0.15) is 11.1 Å². The van der Waals surface area contributed by atoms with Crippen LogP contribution in [0.15, 0.2) is 82.1 Å². The van der Waals surface area contributed by atoms with Crippen molar-refractivity contribution in [1.29, 1.82) is 0 Å². The van der Waals surface area contributed by atoms with Crippen molar-refractivity contribution in [3.05, 3.63) is 88.2 Å². The van der Waals surface area contributed by atoms with Crippen molar-refractivity contribution in [2.75, 3.05) is 7.11 Å². The van der Waals surface area contributed by atoms with Crippen molar-refractivity contribution in [3.8, 4) is 5.88 Å². The first kappa shape index (κ1) is 20.8. The summed E-state index contributed by atoms with van der Waals surface area (Å²) in [6.07, 6.45) is 4.65. The number of carbonyl (C=O) groups is 1. The Bertz CT molecular complexity index is 1330. The van der Waals surface area contributed by atoms with Crippen molar-refractivity contribution < 1.29 is 17.9 Å². The maximum Gasteiger partial charge on any atom is 0.270 e. The highest BCUT2D eigenvalue weighted by Crippen LogP contribution is 2.38. The lowest BCUT2D eigenvalue weighted by atomic mass is 9.92. The summed E-state index contributed by atoms with van der Waals surface area (Å²) < 4.78 is 29.0. The molecule has 156 valence electrons. The third-order valence-corrected chi connectivity index (χ3v) is 5.90. The molecular formula is C22H16ClN3O4S. The van der Waals surface area contributed by atoms with E-state index in [-0.39, 0.29) is 22.2 Å². The topological polar surface area (TPSA) is 97.7 Å². The summed E-state index contributed by atoms with van der Waals surface area (Å²) in [6, 6.07) is 12.5. The Balaban J connectivity index is 1.74. The van der Waals surface area contributed by atoms with E-state index in [1.165, 1.54) is 13.2 Å². The summed E-state index contributed by atoms with van der Waals surface area (Å²) in [6.45, 7) is 0.218. The predicted molar refractivity (Wildman–Crippen MR) is 119 cm³/mol. The molecule has 0 saturated carbocycles. The van der Waals surface area contributed by atoms with Gasteiger partial charge in [0.05, 0.1) is 17.8 Å². The average molecular weight is 454 g/mol. The number of carbonyl (C=O) groups excluding carboxylic acids is 1. The fraction of sp³-hybridized carbons (Fsp3) is 0.0909. The highest BCUT2D eigenvalue weighted by molar-refractivity contribution is 7.74. The first-order valence-electron chi connectivity index (χ1n) is 9.20. The molecule has 1 aliphatic carbocycles. The number of aromatic nitrogens is 1. The molecular weight excluding hydrogens is 438 g/mol. The number of nitrogens with one attached hydrogen (secondary N) is 1. The average Bonchev–Trinajstić information content (AvgIpc) is 3.17. The summed E-state index contributed by atoms with van der Waals surface area (Å²) in [7, 11) is -1.10. The number of ether oxygens (including phenoxy) is 1. The van der Waals surface area contributed by atoms with E-state index >= 15 is 0 Å². The minimum Gasteiger partial charge on any atom is -0.481 e. The molecule has 2 aromatic rings. The van der Waals surface area contributed by atoms with Crippen LogP contribution in [0.4, 0.5) is 0 Å². The lowest BCUT2D eigenvalue weighted by Crippen LogP contribution is -2.31. The fourth-order valence-electron chi connectivity index (χ4n) is 3.33. The number of nitrogens with zero attached hydrogens (tertiary/aromatic N) is 2. The van der Waals surface area contributed by atoms with Gasteiger partial charge in [0.2, 0.25) is 16.2 Å². The molecule has 2 heterocycles. The van der Waals surface area contributed by atoms with Gasteiger partial charge in [-0.3, -0.25) is 4.79 Å². The van der Waals surface area contributed by atoms with Crippen LogP contribution in [0.25, 0.3) is 5.57 Å². The highest BCUT2D eigenvalue weighted by atomic mass is 35.5. The summed E-state index contributed by atoms with van der Waals surface area (Å²) in [5.74, 6) is -0.00399. The van der Waals surface area contributed by atoms with E-state index in [0.29, 0.717) is 28.3 Å². The van der Waals surface area contributed by atoms with Gasteiger partial charge in [-0.15, -0.1) is 0 Å². The summed E-state index contributed by atoms with van der Waals surface area (Å²) in [4.78, 5) is 21.5. The number of amides is 1. The van der Waals surface area contributed by atoms with E-state index in [1.807, 2.05) is 6.07 Å². The Hall–Kier alpha value is -3.49. The number of benzene rings is 1. The zero-order valence-electron chi connectivity index (χ0n) is 16.3. The Morgan fingerprint density at radius 2 is 1.90 bits per heavy atom. The van der Waals surface area contributed by atoms with Crippen LogP contribution in [0.5, 0.6) is 5.88 Å². The molecule has 0 radical (unpaired) electrons. The Labute approximate surface area is 185 Å². The minimum atomic E-state index is -2.61. The van der Waals surface area contributed by atoms with Gasteiger partial charge < -0.3 is 10.1 Å². The monoisotopic (exact) mass is 453 g/mol. The number of methoxy groups -OCH3 is 1. The highest BCUT2D eigenvalue weighted by Gasteiger charge is 2.35. The quantitative estimate of drug-likeness (QED) is 0.702. The number of hydrogen-bond donors (Lipinski definition) is 1. The number of aliphatic imine (C=N–C) groups is 1. The third-order valence-electron chi connectivity index (χ3n) is 4.71. The lowest BCUT2D eigenvalue weighted by molar-refractivity contribution is -0.114. The number of pyridine rings is 1. The van der Waals surface area contributed by atoms with Crippen LogP contribution < -0.4 is 10.1 Å². The maximum atomic E-state index is 13.1. The Morgan fingerprint density at radius 1 is 1.13 bits per heavy atom. The summed E-state index contributed by atoms with van der Waals surface area (Å²) >= 11 is 6.18. The van der Waals surface area contributed by atoms with Crippen LogP contribution in [-0.2, 0) is 21.6 Å². The Morgan fingerprint density at radius 3 is 2.61 bits per heavy atom. The maximum absolute atomic E-state index is 13.1. The molecule has 7 nitrogen and oxygen atoms in total. The molecule has 0 bridgehead atoms. The molecule has 0 unspecified atom stereocenters. The number of hydrogen-bond acceptors (Lipinski definition) is 6. The van der Waals surface area contributed by atoms with Crippen LogP contribution in [-0.4, -0.2) is 37.0 Å². The first-order valence-corrected chi connectivity index (χ1v) is 10.7. The molecule has 2 aliphatic rings. The zero-order valence-corrected chi connectivity index (χ0v) is 17.9. The molecule has 1 aromatic carbocycles. The second-order valence-electron chi connectivity index (χ2n) is 6.60. The molecule has 0 fully saturated rings. The van der Waals surface area contributed by atoms with Gasteiger partial charge >= 0.3 is 0 Å². The van der Waals surface area contributed by atoms with Gasteiger partial charge in [0.1, 0.15) is 10.6 Å². The molecule has 1 aliphatic heterocycles. The minimum absolute atomic E-state index is 0.0706. The van der Waals surface area contributed by atoms with Gasteiger partial charge in [-0.1, -0.05) is 41.9 Å². The fourth-order valence-corrected chi connectivity index (χ4v) is 4.27. The van der Waals surface area contributed by atoms with Gasteiger partial charge in [-0.25, -0.2) is 9.98 Å². The van der Waals surface area contributed by atoms with E-state index < -0.39 is 16.2 Å². The second kappa shape index (κ2) is 8.71. The number of halogens is 1. The van der Waals surface area contributed by atoms with Crippen molar-refractivity contribution in [1.82, 2.24) is 10.3 Å². The molecule has 1 amide bonds. The number of allylic oxidation sites excluding steroid dienone is 4. The molecule has 31 heavy (non-hydrogen) atoms. The normalized spacial score (nSPS) is 15.0. The number of rotatable bonds is 5. The molecule has 1 aromatic heterocycles. The zero-order chi connectivity index (χ0) is 22.0. The van der Waals surface area contributed by atoms with Crippen LogP contribution in [0.3, 0.4) is 0 Å². The molecule has 0 spiro atoms. The lowest BCUT2D eigenvalue weighted by Gasteiger charge is -2.13. The summed E-state index contributed by atoms with van der Waals surface area (Å²) in [5, 5.41) is 2.90. The van der Waals surface area contributed by atoms with Crippen LogP contribution in [0.2, 0.25) is 0 Å². The van der Waals surface area contributed by atoms with Gasteiger partial charge in [-0.2, -0.15) is 8.42 Å². The molecule has 0 atom stereocenters. The number of fused-ring (bicyclic) bond motifs is 1. The summed E-state index contributed by atoms with van der Waals surface area (Å²) in [5.41, 5.74) is 2.69. The van der Waals surface area contributed by atoms with Crippen molar-refractivity contribution in [2.45, 2.75) is 6.54 Å². The van der Waals surface area contributed by atoms with E-state index in [9.17, 15) is 13.2 Å². The standard InChI is InChI=1S/C22H16ClN3O4S/c1-30-17-11-13(9-10-24-17)12-25-22(27)20-18(14-5-3-2-4-6-14)19-16(26-20)8-7-15(23)21(19)31(28)29/h2-11H,12H2,1H3,(H,25,27). The van der Waals surface area contributed by atoms with Crippen LogP contribution in [0, 0.1) is 0 Å². The molecule has 1 N–H and O–H groups in total. The van der Waals surface area contributed by atoms with E-state index in [4.69, 9.17) is 16.3 Å². The third kappa shape index (κ3) is 4.08. The SMILES string of the molecule is COc1cc(CNC(=O)C2=NC3=CC=C(Cl)C(=S(=O)=O)C3=C2c2ccccc2)ccn1. The molecule has 9 heteroatoms. The van der Waals surface area contributed by atoms with Gasteiger partial charge in [-0.05, 0) is 29.3 Å². The van der Waals surface area contributed by atoms with Crippen molar-refractivity contribution in [3.63, 3.8) is 0 Å². The first-order chi connectivity index (χ1) is 15.0. The van der Waals surface area contributed by atoms with E-state index in [2.05, 4.69) is 15.3 Å². The molecule has 0 saturated heterocycles. The van der Waals surface area contributed by atoms with E-state index in [1.54, 1.807) is 48.7 Å². The smallest absolute Gasteiger partial charge is 0.270 e. The largest absolute Gasteiger partial charge is 0.481 e. The van der Waals surface area contributed by atoms with Crippen molar-refractivity contribution >= 4 is 44.0 Å². The van der Waals surface area contributed by atoms with Crippen molar-refractivity contribution in [2.24, 2.45) is 4.99 Å². The molecule has 4 rings (SSSR count).